The van der Waals surface area contributed by atoms with Crippen LogP contribution in [-0.4, -0.2) is 30.2 Å². The molecule has 0 fully saturated rings. The van der Waals surface area contributed by atoms with Gasteiger partial charge in [-0.3, -0.25) is 0 Å². The smallest absolute Gasteiger partial charge is 0.0635 e. The van der Waals surface area contributed by atoms with Crippen LogP contribution in [0.4, 0.5) is 0 Å². The monoisotopic (exact) mass is 242 g/mol. The molecule has 1 aromatic rings. The number of nitriles is 1. The highest BCUT2D eigenvalue weighted by Crippen LogP contribution is 2.07. The second kappa shape index (κ2) is 8.31. The lowest BCUT2D eigenvalue weighted by molar-refractivity contribution is 0.305. The van der Waals surface area contributed by atoms with Gasteiger partial charge < -0.3 is 10.0 Å². The van der Waals surface area contributed by atoms with Crippen LogP contribution in [0.1, 0.15) is 24.0 Å². The first-order valence-electron chi connectivity index (χ1n) is 6.00. The predicted octanol–water partition coefficient (Wildman–Crippen LogP) is 1.77. The van der Waals surface area contributed by atoms with Crippen molar-refractivity contribution in [2.75, 3.05) is 20.2 Å². The molecule has 18 heavy (non-hydrogen) atoms. The van der Waals surface area contributed by atoms with Gasteiger partial charge in [0.05, 0.1) is 12.7 Å². The molecule has 1 N–H and O–H groups in total. The number of aliphatic hydroxyl groups excluding tert-OH is 1. The standard InChI is InChI=1S/C15H18N2O/c1-17(10-5-9-16)13-15-8-4-7-14(12-15)6-2-3-11-18/h4,7-8,12,18H,3,5,10-11,13H2,1H3. The topological polar surface area (TPSA) is 47.3 Å². The third-order valence-corrected chi connectivity index (χ3v) is 2.45. The van der Waals surface area contributed by atoms with Gasteiger partial charge in [0.25, 0.3) is 0 Å². The van der Waals surface area contributed by atoms with E-state index in [1.807, 2.05) is 25.2 Å². The minimum absolute atomic E-state index is 0.101. The van der Waals surface area contributed by atoms with Crippen molar-refractivity contribution in [2.24, 2.45) is 0 Å². The minimum Gasteiger partial charge on any atom is -0.395 e. The fraction of sp³-hybridized carbons (Fsp3) is 0.400. The first kappa shape index (κ1) is 14.3. The number of nitrogens with zero attached hydrogens (tertiary/aromatic N) is 2. The van der Waals surface area contributed by atoms with Gasteiger partial charge in [-0.1, -0.05) is 24.0 Å². The highest BCUT2D eigenvalue weighted by Gasteiger charge is 2.00. The highest BCUT2D eigenvalue weighted by molar-refractivity contribution is 5.37. The van der Waals surface area contributed by atoms with Crippen molar-refractivity contribution in [1.29, 1.82) is 5.26 Å². The van der Waals surface area contributed by atoms with Gasteiger partial charge in [0.15, 0.2) is 0 Å². The van der Waals surface area contributed by atoms with E-state index in [4.69, 9.17) is 10.4 Å². The molecule has 0 heterocycles. The Morgan fingerprint density at radius 3 is 2.89 bits per heavy atom. The fourth-order valence-corrected chi connectivity index (χ4v) is 1.60. The summed E-state index contributed by atoms with van der Waals surface area (Å²) in [6.07, 6.45) is 1.05. The van der Waals surface area contributed by atoms with Crippen LogP contribution in [0, 0.1) is 23.2 Å². The molecule has 0 unspecified atom stereocenters. The van der Waals surface area contributed by atoms with E-state index in [2.05, 4.69) is 28.9 Å². The van der Waals surface area contributed by atoms with Gasteiger partial charge in [0.1, 0.15) is 0 Å². The van der Waals surface area contributed by atoms with Crippen LogP contribution in [0.3, 0.4) is 0 Å². The van der Waals surface area contributed by atoms with Gasteiger partial charge in [0, 0.05) is 31.5 Å². The quantitative estimate of drug-likeness (QED) is 0.800. The summed E-state index contributed by atoms with van der Waals surface area (Å²) in [6.45, 7) is 1.69. The van der Waals surface area contributed by atoms with Crippen LogP contribution in [-0.2, 0) is 6.54 Å². The fourth-order valence-electron chi connectivity index (χ4n) is 1.60. The van der Waals surface area contributed by atoms with Gasteiger partial charge in [-0.2, -0.15) is 5.26 Å². The van der Waals surface area contributed by atoms with Crippen molar-refractivity contribution in [3.63, 3.8) is 0 Å². The number of aliphatic hydroxyl groups is 1. The molecule has 0 amide bonds. The average Bonchev–Trinajstić information content (AvgIpc) is 2.37. The van der Waals surface area contributed by atoms with Gasteiger partial charge in [-0.15, -0.1) is 0 Å². The summed E-state index contributed by atoms with van der Waals surface area (Å²) in [7, 11) is 2.00. The molecule has 94 valence electrons. The Balaban J connectivity index is 2.60. The van der Waals surface area contributed by atoms with E-state index in [9.17, 15) is 0 Å². The van der Waals surface area contributed by atoms with Crippen LogP contribution >= 0.6 is 0 Å². The lowest BCUT2D eigenvalue weighted by Crippen LogP contribution is -2.18. The second-order valence-electron chi connectivity index (χ2n) is 4.12. The molecule has 1 aromatic carbocycles. The normalized spacial score (nSPS) is 9.67. The summed E-state index contributed by atoms with van der Waals surface area (Å²) < 4.78 is 0. The lowest BCUT2D eigenvalue weighted by atomic mass is 10.1. The van der Waals surface area contributed by atoms with E-state index < -0.39 is 0 Å². The number of hydrogen-bond acceptors (Lipinski definition) is 3. The van der Waals surface area contributed by atoms with Crippen LogP contribution in [0.2, 0.25) is 0 Å². The van der Waals surface area contributed by atoms with Crippen molar-refractivity contribution in [3.05, 3.63) is 35.4 Å². The van der Waals surface area contributed by atoms with Crippen molar-refractivity contribution in [3.8, 4) is 17.9 Å². The van der Waals surface area contributed by atoms with E-state index in [1.165, 1.54) is 5.56 Å². The lowest BCUT2D eigenvalue weighted by Gasteiger charge is -2.14. The van der Waals surface area contributed by atoms with Gasteiger partial charge in [0.2, 0.25) is 0 Å². The summed E-state index contributed by atoms with van der Waals surface area (Å²) in [4.78, 5) is 2.11. The largest absolute Gasteiger partial charge is 0.395 e. The van der Waals surface area contributed by atoms with Gasteiger partial charge in [-0.25, -0.2) is 0 Å². The molecule has 0 spiro atoms. The SMILES string of the molecule is CN(CCC#N)Cc1cccc(C#CCCO)c1. The van der Waals surface area contributed by atoms with E-state index in [0.717, 1.165) is 18.7 Å². The molecule has 0 aliphatic heterocycles. The average molecular weight is 242 g/mol. The molecule has 0 bridgehead atoms. The third-order valence-electron chi connectivity index (χ3n) is 2.45. The maximum Gasteiger partial charge on any atom is 0.0635 e. The van der Waals surface area contributed by atoms with Crippen molar-refractivity contribution >= 4 is 0 Å². The number of rotatable bonds is 5. The highest BCUT2D eigenvalue weighted by atomic mass is 16.2. The van der Waals surface area contributed by atoms with Gasteiger partial charge in [-0.05, 0) is 24.7 Å². The zero-order chi connectivity index (χ0) is 13.2. The molecule has 0 atom stereocenters. The Hall–Kier alpha value is -1.81. The minimum atomic E-state index is 0.101. The maximum absolute atomic E-state index is 8.66. The van der Waals surface area contributed by atoms with Gasteiger partial charge >= 0.3 is 0 Å². The second-order valence-corrected chi connectivity index (χ2v) is 4.12. The van der Waals surface area contributed by atoms with Crippen molar-refractivity contribution in [1.82, 2.24) is 4.90 Å². The summed E-state index contributed by atoms with van der Waals surface area (Å²) >= 11 is 0. The Kier molecular flexibility index (Phi) is 6.58. The predicted molar refractivity (Wildman–Crippen MR) is 71.6 cm³/mol. The van der Waals surface area contributed by atoms with E-state index in [0.29, 0.717) is 12.8 Å². The molecule has 0 radical (unpaired) electrons. The summed E-state index contributed by atoms with van der Waals surface area (Å²) in [5.41, 5.74) is 2.15. The Morgan fingerprint density at radius 2 is 2.17 bits per heavy atom. The number of hydrogen-bond donors (Lipinski definition) is 1. The molecule has 0 saturated heterocycles. The number of benzene rings is 1. The first-order valence-corrected chi connectivity index (χ1v) is 6.00. The zero-order valence-corrected chi connectivity index (χ0v) is 10.7. The molecular formula is C15H18N2O. The maximum atomic E-state index is 8.66. The van der Waals surface area contributed by atoms with E-state index in [-0.39, 0.29) is 6.61 Å². The molecule has 0 aliphatic carbocycles. The first-order chi connectivity index (χ1) is 8.76. The molecule has 0 aliphatic rings. The van der Waals surface area contributed by atoms with Crippen LogP contribution in [0.25, 0.3) is 0 Å². The third kappa shape index (κ3) is 5.50. The van der Waals surface area contributed by atoms with Crippen molar-refractivity contribution < 1.29 is 5.11 Å². The van der Waals surface area contributed by atoms with Crippen LogP contribution in [0.15, 0.2) is 24.3 Å². The van der Waals surface area contributed by atoms with Crippen molar-refractivity contribution in [2.45, 2.75) is 19.4 Å². The summed E-state index contributed by atoms with van der Waals surface area (Å²) in [5.74, 6) is 5.93. The molecule has 3 heteroatoms. The Labute approximate surface area is 109 Å². The summed E-state index contributed by atoms with van der Waals surface area (Å²) in [5, 5.41) is 17.2. The molecule has 1 rings (SSSR count). The Bertz CT molecular complexity index is 465. The Morgan fingerprint density at radius 1 is 1.33 bits per heavy atom. The molecule has 3 nitrogen and oxygen atoms in total. The summed E-state index contributed by atoms with van der Waals surface area (Å²) in [6, 6.07) is 10.2. The molecule has 0 aromatic heterocycles. The molecule has 0 saturated carbocycles. The van der Waals surface area contributed by atoms with Crippen LogP contribution in [0.5, 0.6) is 0 Å². The van der Waals surface area contributed by atoms with E-state index in [1.54, 1.807) is 0 Å². The zero-order valence-electron chi connectivity index (χ0n) is 10.7. The van der Waals surface area contributed by atoms with Crippen LogP contribution < -0.4 is 0 Å². The molecular weight excluding hydrogens is 224 g/mol. The van der Waals surface area contributed by atoms with E-state index >= 15 is 0 Å².